The van der Waals surface area contributed by atoms with Crippen LogP contribution in [0.25, 0.3) is 0 Å². The molecular formula is C41H51NO4. The van der Waals surface area contributed by atoms with Crippen molar-refractivity contribution in [3.8, 4) is 17.2 Å². The second-order valence-electron chi connectivity index (χ2n) is 12.2. The lowest BCUT2D eigenvalue weighted by molar-refractivity contribution is -0.123. The quantitative estimate of drug-likeness (QED) is 0.127. The molecule has 0 saturated carbocycles. The van der Waals surface area contributed by atoms with Gasteiger partial charge in [-0.25, -0.2) is 0 Å². The van der Waals surface area contributed by atoms with Gasteiger partial charge in [-0.3, -0.25) is 4.79 Å². The third-order valence-corrected chi connectivity index (χ3v) is 8.93. The van der Waals surface area contributed by atoms with Crippen LogP contribution in [0.3, 0.4) is 0 Å². The molecule has 0 aliphatic carbocycles. The molecule has 5 nitrogen and oxygen atoms in total. The van der Waals surface area contributed by atoms with Crippen LogP contribution in [-0.2, 0) is 4.79 Å². The standard InChI is InChI=1S/C41H51NO4/c1-7-9-11-32(12-10-8-2)33-17-19-35(20-18-33)41(34-15-13-29(3)14-16-34)42-40(43)28-46-36-23-21-31(22-24-36)30(4)38-26-25-37(44-5)27-39(38)45-6/h13-27,30,32,41H,7-12,28H2,1-6H3,(H,42,43). The number of carbonyl (C=O) groups is 1. The monoisotopic (exact) mass is 621 g/mol. The highest BCUT2D eigenvalue weighted by Gasteiger charge is 2.19. The lowest BCUT2D eigenvalue weighted by atomic mass is 9.87. The number of methoxy groups -OCH3 is 2. The van der Waals surface area contributed by atoms with Crippen LogP contribution in [0.15, 0.2) is 91.0 Å². The number of carbonyl (C=O) groups excluding carboxylic acids is 1. The Morgan fingerprint density at radius 2 is 1.24 bits per heavy atom. The fourth-order valence-corrected chi connectivity index (χ4v) is 6.02. The van der Waals surface area contributed by atoms with Crippen molar-refractivity contribution >= 4 is 5.91 Å². The van der Waals surface area contributed by atoms with E-state index in [-0.39, 0.29) is 24.5 Å². The summed E-state index contributed by atoms with van der Waals surface area (Å²) in [5.74, 6) is 2.72. The maximum Gasteiger partial charge on any atom is 0.258 e. The van der Waals surface area contributed by atoms with Crippen LogP contribution >= 0.6 is 0 Å². The summed E-state index contributed by atoms with van der Waals surface area (Å²) < 4.78 is 16.9. The van der Waals surface area contributed by atoms with Crippen LogP contribution in [0.5, 0.6) is 17.2 Å². The number of amides is 1. The molecule has 1 amide bonds. The number of unbranched alkanes of at least 4 members (excludes halogenated alkanes) is 2. The molecule has 2 unspecified atom stereocenters. The molecular weight excluding hydrogens is 570 g/mol. The van der Waals surface area contributed by atoms with Gasteiger partial charge in [-0.05, 0) is 66.1 Å². The number of nitrogens with one attached hydrogen (secondary N) is 1. The molecule has 0 fully saturated rings. The Kier molecular flexibility index (Phi) is 13.1. The highest BCUT2D eigenvalue weighted by molar-refractivity contribution is 5.78. The largest absolute Gasteiger partial charge is 0.497 e. The van der Waals surface area contributed by atoms with Crippen molar-refractivity contribution in [2.75, 3.05) is 20.8 Å². The van der Waals surface area contributed by atoms with Crippen molar-refractivity contribution in [1.29, 1.82) is 0 Å². The second kappa shape index (κ2) is 17.4. The number of hydrogen-bond acceptors (Lipinski definition) is 4. The van der Waals surface area contributed by atoms with Crippen LogP contribution < -0.4 is 19.5 Å². The summed E-state index contributed by atoms with van der Waals surface area (Å²) in [6.07, 6.45) is 7.37. The van der Waals surface area contributed by atoms with Crippen molar-refractivity contribution in [1.82, 2.24) is 5.32 Å². The Bertz CT molecular complexity index is 1490. The van der Waals surface area contributed by atoms with E-state index in [2.05, 4.69) is 81.5 Å². The fraction of sp³-hybridized carbons (Fsp3) is 0.390. The van der Waals surface area contributed by atoms with E-state index in [0.29, 0.717) is 11.7 Å². The zero-order valence-electron chi connectivity index (χ0n) is 28.5. The van der Waals surface area contributed by atoms with Gasteiger partial charge in [0.2, 0.25) is 0 Å². The predicted molar refractivity (Wildman–Crippen MR) is 188 cm³/mol. The van der Waals surface area contributed by atoms with E-state index in [1.54, 1.807) is 14.2 Å². The molecule has 0 bridgehead atoms. The minimum atomic E-state index is -0.266. The first-order valence-electron chi connectivity index (χ1n) is 16.8. The minimum Gasteiger partial charge on any atom is -0.497 e. The van der Waals surface area contributed by atoms with Gasteiger partial charge >= 0.3 is 0 Å². The van der Waals surface area contributed by atoms with Crippen LogP contribution in [0.2, 0.25) is 0 Å². The molecule has 46 heavy (non-hydrogen) atoms. The highest BCUT2D eigenvalue weighted by atomic mass is 16.5. The topological polar surface area (TPSA) is 56.8 Å². The van der Waals surface area contributed by atoms with Gasteiger partial charge in [0.05, 0.1) is 20.3 Å². The summed E-state index contributed by atoms with van der Waals surface area (Å²) in [6, 6.07) is 30.8. The van der Waals surface area contributed by atoms with Crippen molar-refractivity contribution < 1.29 is 19.0 Å². The summed E-state index contributed by atoms with van der Waals surface area (Å²) in [5.41, 5.74) is 6.89. The molecule has 0 saturated heterocycles. The minimum absolute atomic E-state index is 0.0717. The average Bonchev–Trinajstić information content (AvgIpc) is 3.10. The van der Waals surface area contributed by atoms with Gasteiger partial charge in [0.1, 0.15) is 17.2 Å². The van der Waals surface area contributed by atoms with Gasteiger partial charge in [-0.15, -0.1) is 0 Å². The van der Waals surface area contributed by atoms with Gasteiger partial charge in [0.25, 0.3) is 5.91 Å². The van der Waals surface area contributed by atoms with Gasteiger partial charge < -0.3 is 19.5 Å². The zero-order valence-corrected chi connectivity index (χ0v) is 28.5. The van der Waals surface area contributed by atoms with Gasteiger partial charge in [0, 0.05) is 17.5 Å². The lowest BCUT2D eigenvalue weighted by Gasteiger charge is -2.22. The summed E-state index contributed by atoms with van der Waals surface area (Å²) in [6.45, 7) is 8.66. The first kappa shape index (κ1) is 34.6. The molecule has 4 aromatic carbocycles. The molecule has 0 aromatic heterocycles. The summed E-state index contributed by atoms with van der Waals surface area (Å²) in [7, 11) is 3.32. The maximum atomic E-state index is 13.3. The third-order valence-electron chi connectivity index (χ3n) is 8.93. The van der Waals surface area contributed by atoms with E-state index < -0.39 is 0 Å². The SMILES string of the molecule is CCCCC(CCCC)c1ccc(C(NC(=O)COc2ccc(C(C)c3ccc(OC)cc3OC)cc2)c2ccc(C)cc2)cc1. The second-order valence-corrected chi connectivity index (χ2v) is 12.2. The van der Waals surface area contributed by atoms with Gasteiger partial charge in [-0.2, -0.15) is 0 Å². The molecule has 4 rings (SSSR count). The summed E-state index contributed by atoms with van der Waals surface area (Å²) in [4.78, 5) is 13.3. The Labute approximate surface area is 276 Å². The van der Waals surface area contributed by atoms with Crippen LogP contribution in [0.4, 0.5) is 0 Å². The van der Waals surface area contributed by atoms with Crippen LogP contribution in [-0.4, -0.2) is 26.7 Å². The van der Waals surface area contributed by atoms with E-state index in [1.807, 2.05) is 42.5 Å². The molecule has 0 heterocycles. The molecule has 0 radical (unpaired) electrons. The van der Waals surface area contributed by atoms with E-state index in [1.165, 1.54) is 49.7 Å². The number of ether oxygens (including phenoxy) is 3. The molecule has 4 aromatic rings. The number of aryl methyl sites for hydroxylation is 1. The first-order valence-corrected chi connectivity index (χ1v) is 16.8. The van der Waals surface area contributed by atoms with Crippen LogP contribution in [0.1, 0.15) is 111 Å². The normalized spacial score (nSPS) is 12.4. The van der Waals surface area contributed by atoms with Gasteiger partial charge in [-0.1, -0.05) is 119 Å². The Hall–Kier alpha value is -4.25. The average molecular weight is 622 g/mol. The van der Waals surface area contributed by atoms with Crippen LogP contribution in [0, 0.1) is 6.92 Å². The van der Waals surface area contributed by atoms with E-state index in [4.69, 9.17) is 14.2 Å². The number of benzene rings is 4. The van der Waals surface area contributed by atoms with Crippen molar-refractivity contribution in [2.24, 2.45) is 0 Å². The van der Waals surface area contributed by atoms with E-state index >= 15 is 0 Å². The lowest BCUT2D eigenvalue weighted by Crippen LogP contribution is -2.33. The number of hydrogen-bond donors (Lipinski definition) is 1. The Balaban J connectivity index is 1.44. The fourth-order valence-electron chi connectivity index (χ4n) is 6.02. The molecule has 5 heteroatoms. The zero-order chi connectivity index (χ0) is 32.9. The number of rotatable bonds is 17. The summed E-state index contributed by atoms with van der Waals surface area (Å²) in [5, 5.41) is 3.24. The van der Waals surface area contributed by atoms with Crippen molar-refractivity contribution in [2.45, 2.75) is 84.1 Å². The predicted octanol–water partition coefficient (Wildman–Crippen LogP) is 9.91. The molecule has 1 N–H and O–H groups in total. The highest BCUT2D eigenvalue weighted by Crippen LogP contribution is 2.35. The van der Waals surface area contributed by atoms with E-state index in [9.17, 15) is 4.79 Å². The van der Waals surface area contributed by atoms with E-state index in [0.717, 1.165) is 33.8 Å². The Morgan fingerprint density at radius 3 is 1.80 bits per heavy atom. The van der Waals surface area contributed by atoms with Crippen molar-refractivity contribution in [3.63, 3.8) is 0 Å². The molecule has 0 spiro atoms. The third kappa shape index (κ3) is 9.38. The molecule has 0 aliphatic rings. The molecule has 0 aliphatic heterocycles. The smallest absolute Gasteiger partial charge is 0.258 e. The first-order chi connectivity index (χ1) is 22.4. The van der Waals surface area contributed by atoms with Crippen molar-refractivity contribution in [3.05, 3.63) is 124 Å². The Morgan fingerprint density at radius 1 is 0.696 bits per heavy atom. The van der Waals surface area contributed by atoms with Gasteiger partial charge in [0.15, 0.2) is 6.61 Å². The molecule has 2 atom stereocenters. The summed E-state index contributed by atoms with van der Waals surface area (Å²) >= 11 is 0. The molecule has 244 valence electrons. The maximum absolute atomic E-state index is 13.3.